The first kappa shape index (κ1) is 13.9. The second kappa shape index (κ2) is 9.47. The van der Waals surface area contributed by atoms with Crippen molar-refractivity contribution in [3.63, 3.8) is 0 Å². The fraction of sp³-hybridized carbons (Fsp3) is 1.00. The van der Waals surface area contributed by atoms with E-state index in [-0.39, 0.29) is 0 Å². The summed E-state index contributed by atoms with van der Waals surface area (Å²) in [6.45, 7) is 13.7. The molecular formula is C12H28N2. The maximum Gasteiger partial charge on any atom is 0.0166 e. The molecule has 0 aliphatic carbocycles. The number of hydrogen-bond acceptors (Lipinski definition) is 2. The highest BCUT2D eigenvalue weighted by Crippen LogP contribution is 1.94. The van der Waals surface area contributed by atoms with Crippen LogP contribution in [0, 0.1) is 0 Å². The molecule has 0 aliphatic rings. The highest BCUT2D eigenvalue weighted by molar-refractivity contribution is 4.65. The first-order valence-corrected chi connectivity index (χ1v) is 6.20. The number of hydrogen-bond donors (Lipinski definition) is 1. The van der Waals surface area contributed by atoms with Crippen LogP contribution in [0.5, 0.6) is 0 Å². The second-order valence-electron chi connectivity index (χ2n) is 4.05. The summed E-state index contributed by atoms with van der Waals surface area (Å²) in [5, 5.41) is 3.57. The van der Waals surface area contributed by atoms with Crippen molar-refractivity contribution in [2.75, 3.05) is 26.2 Å². The van der Waals surface area contributed by atoms with Gasteiger partial charge in [-0.15, -0.1) is 0 Å². The van der Waals surface area contributed by atoms with Crippen LogP contribution in [-0.4, -0.2) is 37.1 Å². The molecule has 0 rings (SSSR count). The van der Waals surface area contributed by atoms with Crippen LogP contribution < -0.4 is 5.32 Å². The summed E-state index contributed by atoms with van der Waals surface area (Å²) in [6.07, 6.45) is 3.98. The van der Waals surface area contributed by atoms with E-state index in [2.05, 4.69) is 37.9 Å². The third-order valence-corrected chi connectivity index (χ3v) is 2.70. The molecule has 1 unspecified atom stereocenters. The van der Waals surface area contributed by atoms with Crippen molar-refractivity contribution >= 4 is 0 Å². The molecule has 0 bridgehead atoms. The maximum absolute atomic E-state index is 3.57. The molecule has 1 atom stereocenters. The lowest BCUT2D eigenvalue weighted by Crippen LogP contribution is -2.39. The van der Waals surface area contributed by atoms with Gasteiger partial charge in [-0.3, -0.25) is 0 Å². The van der Waals surface area contributed by atoms with E-state index in [1.54, 1.807) is 0 Å². The molecule has 0 saturated carbocycles. The van der Waals surface area contributed by atoms with Crippen LogP contribution in [-0.2, 0) is 0 Å². The van der Waals surface area contributed by atoms with E-state index in [9.17, 15) is 0 Å². The van der Waals surface area contributed by atoms with E-state index in [4.69, 9.17) is 0 Å². The Morgan fingerprint density at radius 3 is 2.21 bits per heavy atom. The Balaban J connectivity index is 3.38. The van der Waals surface area contributed by atoms with Gasteiger partial charge in [-0.05, 0) is 33.0 Å². The van der Waals surface area contributed by atoms with Crippen LogP contribution >= 0.6 is 0 Å². The van der Waals surface area contributed by atoms with E-state index in [1.807, 2.05) is 0 Å². The zero-order chi connectivity index (χ0) is 10.8. The third-order valence-electron chi connectivity index (χ3n) is 2.70. The van der Waals surface area contributed by atoms with Crippen molar-refractivity contribution in [3.05, 3.63) is 0 Å². The summed E-state index contributed by atoms with van der Waals surface area (Å²) in [6, 6.07) is 0.631. The molecule has 0 aliphatic heterocycles. The van der Waals surface area contributed by atoms with E-state index in [0.717, 1.165) is 13.1 Å². The van der Waals surface area contributed by atoms with Crippen LogP contribution in [0.15, 0.2) is 0 Å². The Morgan fingerprint density at radius 1 is 1.07 bits per heavy atom. The number of unbranched alkanes of at least 4 members (excludes halogenated alkanes) is 2. The van der Waals surface area contributed by atoms with Gasteiger partial charge >= 0.3 is 0 Å². The smallest absolute Gasteiger partial charge is 0.0166 e. The topological polar surface area (TPSA) is 15.3 Å². The minimum atomic E-state index is 0.631. The molecule has 0 heterocycles. The fourth-order valence-corrected chi connectivity index (χ4v) is 1.66. The molecule has 2 nitrogen and oxygen atoms in total. The van der Waals surface area contributed by atoms with E-state index < -0.39 is 0 Å². The van der Waals surface area contributed by atoms with Crippen LogP contribution in [0.3, 0.4) is 0 Å². The van der Waals surface area contributed by atoms with Crippen molar-refractivity contribution in [2.45, 2.75) is 53.0 Å². The zero-order valence-corrected chi connectivity index (χ0v) is 10.5. The average Bonchev–Trinajstić information content (AvgIpc) is 2.21. The van der Waals surface area contributed by atoms with Crippen molar-refractivity contribution in [1.29, 1.82) is 0 Å². The molecule has 0 saturated heterocycles. The van der Waals surface area contributed by atoms with E-state index >= 15 is 0 Å². The predicted octanol–water partition coefficient (Wildman–Crippen LogP) is 2.50. The predicted molar refractivity (Wildman–Crippen MR) is 64.8 cm³/mol. The largest absolute Gasteiger partial charge is 0.313 e. The monoisotopic (exact) mass is 200 g/mol. The molecule has 86 valence electrons. The molecular weight excluding hydrogens is 172 g/mol. The number of rotatable bonds is 9. The van der Waals surface area contributed by atoms with Gasteiger partial charge in [0, 0.05) is 12.6 Å². The van der Waals surface area contributed by atoms with Gasteiger partial charge in [-0.1, -0.05) is 33.6 Å². The summed E-state index contributed by atoms with van der Waals surface area (Å²) in [4.78, 5) is 2.47. The SMILES string of the molecule is CCCCCNC(C)CN(CC)CC. The zero-order valence-electron chi connectivity index (χ0n) is 10.5. The maximum atomic E-state index is 3.57. The molecule has 0 aromatic carbocycles. The second-order valence-corrected chi connectivity index (χ2v) is 4.05. The van der Waals surface area contributed by atoms with Gasteiger partial charge in [0.2, 0.25) is 0 Å². The summed E-state index contributed by atoms with van der Waals surface area (Å²) in [5.41, 5.74) is 0. The highest BCUT2D eigenvalue weighted by atomic mass is 15.1. The van der Waals surface area contributed by atoms with Gasteiger partial charge in [0.15, 0.2) is 0 Å². The molecule has 0 fully saturated rings. The lowest BCUT2D eigenvalue weighted by atomic mass is 10.2. The van der Waals surface area contributed by atoms with Crippen molar-refractivity contribution < 1.29 is 0 Å². The Labute approximate surface area is 90.1 Å². The van der Waals surface area contributed by atoms with Gasteiger partial charge in [0.1, 0.15) is 0 Å². The Hall–Kier alpha value is -0.0800. The minimum Gasteiger partial charge on any atom is -0.313 e. The Bertz CT molecular complexity index is 111. The number of likely N-dealkylation sites (N-methyl/N-ethyl adjacent to an activating group) is 1. The lowest BCUT2D eigenvalue weighted by Gasteiger charge is -2.23. The van der Waals surface area contributed by atoms with Gasteiger partial charge in [0.05, 0.1) is 0 Å². The summed E-state index contributed by atoms with van der Waals surface area (Å²) < 4.78 is 0. The number of nitrogens with zero attached hydrogens (tertiary/aromatic N) is 1. The quantitative estimate of drug-likeness (QED) is 0.575. The Morgan fingerprint density at radius 2 is 1.71 bits per heavy atom. The fourth-order valence-electron chi connectivity index (χ4n) is 1.66. The number of nitrogens with one attached hydrogen (secondary N) is 1. The summed E-state index contributed by atoms with van der Waals surface area (Å²) >= 11 is 0. The molecule has 0 spiro atoms. The van der Waals surface area contributed by atoms with Gasteiger partial charge in [-0.25, -0.2) is 0 Å². The molecule has 1 N–H and O–H groups in total. The van der Waals surface area contributed by atoms with Crippen molar-refractivity contribution in [2.24, 2.45) is 0 Å². The summed E-state index contributed by atoms with van der Waals surface area (Å²) in [7, 11) is 0. The molecule has 0 radical (unpaired) electrons. The normalized spacial score (nSPS) is 13.5. The molecule has 0 aromatic heterocycles. The van der Waals surface area contributed by atoms with E-state index in [1.165, 1.54) is 32.4 Å². The minimum absolute atomic E-state index is 0.631. The standard InChI is InChI=1S/C12H28N2/c1-5-8-9-10-13-12(4)11-14(6-2)7-3/h12-13H,5-11H2,1-4H3. The van der Waals surface area contributed by atoms with Gasteiger partial charge in [0.25, 0.3) is 0 Å². The first-order valence-electron chi connectivity index (χ1n) is 6.20. The lowest BCUT2D eigenvalue weighted by molar-refractivity contribution is 0.271. The van der Waals surface area contributed by atoms with Crippen LogP contribution in [0.2, 0.25) is 0 Å². The van der Waals surface area contributed by atoms with Gasteiger partial charge in [-0.2, -0.15) is 0 Å². The van der Waals surface area contributed by atoms with Crippen LogP contribution in [0.25, 0.3) is 0 Å². The molecule has 14 heavy (non-hydrogen) atoms. The highest BCUT2D eigenvalue weighted by Gasteiger charge is 2.05. The third kappa shape index (κ3) is 7.34. The first-order chi connectivity index (χ1) is 6.74. The summed E-state index contributed by atoms with van der Waals surface area (Å²) in [5.74, 6) is 0. The molecule has 2 heteroatoms. The van der Waals surface area contributed by atoms with E-state index in [0.29, 0.717) is 6.04 Å². The molecule has 0 aromatic rings. The van der Waals surface area contributed by atoms with Crippen LogP contribution in [0.1, 0.15) is 47.0 Å². The Kier molecular flexibility index (Phi) is 9.42. The average molecular weight is 200 g/mol. The van der Waals surface area contributed by atoms with Crippen molar-refractivity contribution in [1.82, 2.24) is 10.2 Å². The molecule has 0 amide bonds. The van der Waals surface area contributed by atoms with Crippen molar-refractivity contribution in [3.8, 4) is 0 Å². The van der Waals surface area contributed by atoms with Gasteiger partial charge < -0.3 is 10.2 Å². The van der Waals surface area contributed by atoms with Crippen LogP contribution in [0.4, 0.5) is 0 Å².